The third-order valence-electron chi connectivity index (χ3n) is 3.25. The number of hydrogen-bond acceptors (Lipinski definition) is 4. The number of carbonyl (C=O) groups excluding carboxylic acids is 2. The lowest BCUT2D eigenvalue weighted by atomic mass is 9.78. The van der Waals surface area contributed by atoms with Crippen LogP contribution in [0.4, 0.5) is 0 Å². The van der Waals surface area contributed by atoms with E-state index in [1.54, 1.807) is 0 Å². The quantitative estimate of drug-likeness (QED) is 0.590. The number of nitrogens with one attached hydrogen (secondary N) is 1. The molecule has 0 aromatic rings. The largest absolute Gasteiger partial charge is 0.469 e. The van der Waals surface area contributed by atoms with Crippen LogP contribution in [0.5, 0.6) is 0 Å². The summed E-state index contributed by atoms with van der Waals surface area (Å²) in [4.78, 5) is 22.5. The molecule has 0 aromatic heterocycles. The summed E-state index contributed by atoms with van der Waals surface area (Å²) in [6.45, 7) is 2.14. The summed E-state index contributed by atoms with van der Waals surface area (Å²) in [6, 6.07) is 2.18. The molecule has 0 aliphatic heterocycles. The third-order valence-corrected chi connectivity index (χ3v) is 3.25. The minimum Gasteiger partial charge on any atom is -0.469 e. The monoisotopic (exact) mass is 238 g/mol. The van der Waals surface area contributed by atoms with Crippen LogP contribution in [0.2, 0.25) is 0 Å². The van der Waals surface area contributed by atoms with Gasteiger partial charge in [0.05, 0.1) is 13.2 Å². The fourth-order valence-corrected chi connectivity index (χ4v) is 2.03. The van der Waals surface area contributed by atoms with Crippen LogP contribution in [0.1, 0.15) is 39.0 Å². The van der Waals surface area contributed by atoms with Crippen molar-refractivity contribution in [1.82, 2.24) is 5.32 Å². The highest BCUT2D eigenvalue weighted by Gasteiger charge is 2.35. The molecule has 0 spiro atoms. The van der Waals surface area contributed by atoms with Crippen LogP contribution < -0.4 is 5.32 Å². The first kappa shape index (κ1) is 13.5. The topological polar surface area (TPSA) is 79.2 Å². The Balaban J connectivity index is 2.55. The summed E-state index contributed by atoms with van der Waals surface area (Å²) in [7, 11) is 1.23. The first-order valence-electron chi connectivity index (χ1n) is 5.80. The van der Waals surface area contributed by atoms with Crippen LogP contribution in [-0.2, 0) is 14.3 Å². The highest BCUT2D eigenvalue weighted by Crippen LogP contribution is 2.31. The zero-order chi connectivity index (χ0) is 12.9. The van der Waals surface area contributed by atoms with Gasteiger partial charge in [0.1, 0.15) is 12.0 Å². The van der Waals surface area contributed by atoms with Crippen molar-refractivity contribution < 1.29 is 14.3 Å². The second kappa shape index (κ2) is 5.67. The molecule has 94 valence electrons. The van der Waals surface area contributed by atoms with Gasteiger partial charge in [0.25, 0.3) is 0 Å². The van der Waals surface area contributed by atoms with Gasteiger partial charge in [-0.25, -0.2) is 0 Å². The molecule has 1 saturated carbocycles. The van der Waals surface area contributed by atoms with E-state index in [2.05, 4.69) is 23.0 Å². The molecule has 0 radical (unpaired) electrons. The second-order valence-electron chi connectivity index (χ2n) is 4.68. The minimum absolute atomic E-state index is 0.324. The zero-order valence-corrected chi connectivity index (χ0v) is 10.3. The van der Waals surface area contributed by atoms with Gasteiger partial charge in [-0.2, -0.15) is 5.26 Å². The fourth-order valence-electron chi connectivity index (χ4n) is 2.03. The van der Waals surface area contributed by atoms with Crippen LogP contribution in [-0.4, -0.2) is 24.5 Å². The van der Waals surface area contributed by atoms with Crippen molar-refractivity contribution in [2.45, 2.75) is 44.6 Å². The number of rotatable bonds is 3. The van der Waals surface area contributed by atoms with E-state index in [0.717, 1.165) is 12.8 Å². The summed E-state index contributed by atoms with van der Waals surface area (Å²) in [6.07, 6.45) is 2.82. The molecule has 1 aliphatic rings. The molecule has 0 heterocycles. The highest BCUT2D eigenvalue weighted by atomic mass is 16.5. The number of ether oxygens (including phenoxy) is 1. The smallest absolute Gasteiger partial charge is 0.315 e. The summed E-state index contributed by atoms with van der Waals surface area (Å²) in [5, 5.41) is 11.9. The van der Waals surface area contributed by atoms with E-state index in [0.29, 0.717) is 18.8 Å². The summed E-state index contributed by atoms with van der Waals surface area (Å²) >= 11 is 0. The average Bonchev–Trinajstić information content (AvgIpc) is 2.32. The van der Waals surface area contributed by atoms with Crippen molar-refractivity contribution in [3.63, 3.8) is 0 Å². The number of methoxy groups -OCH3 is 1. The van der Waals surface area contributed by atoms with Crippen molar-refractivity contribution in [3.05, 3.63) is 0 Å². The average molecular weight is 238 g/mol. The van der Waals surface area contributed by atoms with Gasteiger partial charge in [-0.3, -0.25) is 9.59 Å². The van der Waals surface area contributed by atoms with Gasteiger partial charge in [0.15, 0.2) is 0 Å². The number of amides is 1. The van der Waals surface area contributed by atoms with Gasteiger partial charge >= 0.3 is 5.97 Å². The molecule has 5 nitrogen and oxygen atoms in total. The molecule has 1 aliphatic carbocycles. The van der Waals surface area contributed by atoms with Gasteiger partial charge < -0.3 is 10.1 Å². The van der Waals surface area contributed by atoms with E-state index in [4.69, 9.17) is 0 Å². The lowest BCUT2D eigenvalue weighted by molar-refractivity contribution is -0.144. The predicted octanol–water partition coefficient (Wildman–Crippen LogP) is 1.14. The SMILES string of the molecule is COC(=O)CC(=O)NC1(C#N)CCC(C)CC1. The van der Waals surface area contributed by atoms with Gasteiger partial charge in [0, 0.05) is 0 Å². The Kier molecular flexibility index (Phi) is 4.50. The zero-order valence-electron chi connectivity index (χ0n) is 10.3. The van der Waals surface area contributed by atoms with Crippen LogP contribution in [0.15, 0.2) is 0 Å². The van der Waals surface area contributed by atoms with Crippen molar-refractivity contribution in [1.29, 1.82) is 5.26 Å². The Morgan fingerprint density at radius 1 is 1.47 bits per heavy atom. The maximum atomic E-state index is 11.6. The molecule has 0 bridgehead atoms. The molecule has 1 N–H and O–H groups in total. The Morgan fingerprint density at radius 3 is 2.53 bits per heavy atom. The molecule has 0 unspecified atom stereocenters. The Bertz CT molecular complexity index is 338. The molecular formula is C12H18N2O3. The van der Waals surface area contributed by atoms with Crippen molar-refractivity contribution >= 4 is 11.9 Å². The van der Waals surface area contributed by atoms with E-state index in [-0.39, 0.29) is 6.42 Å². The second-order valence-corrected chi connectivity index (χ2v) is 4.68. The molecule has 0 atom stereocenters. The molecule has 17 heavy (non-hydrogen) atoms. The molecule has 0 aromatic carbocycles. The lowest BCUT2D eigenvalue weighted by Gasteiger charge is -2.34. The predicted molar refractivity (Wildman–Crippen MR) is 60.8 cm³/mol. The van der Waals surface area contributed by atoms with Crippen LogP contribution in [0, 0.1) is 17.2 Å². The lowest BCUT2D eigenvalue weighted by Crippen LogP contribution is -2.49. The van der Waals surface area contributed by atoms with Crippen molar-refractivity contribution in [3.8, 4) is 6.07 Å². The number of nitrogens with zero attached hydrogens (tertiary/aromatic N) is 1. The summed E-state index contributed by atoms with van der Waals surface area (Å²) in [5.41, 5.74) is -0.794. The van der Waals surface area contributed by atoms with Crippen LogP contribution in [0.25, 0.3) is 0 Å². The Labute approximate surface area is 101 Å². The van der Waals surface area contributed by atoms with Gasteiger partial charge in [-0.05, 0) is 31.6 Å². The Hall–Kier alpha value is -1.57. The van der Waals surface area contributed by atoms with Crippen molar-refractivity contribution in [2.24, 2.45) is 5.92 Å². The number of hydrogen-bond donors (Lipinski definition) is 1. The number of carbonyl (C=O) groups is 2. The van der Waals surface area contributed by atoms with Gasteiger partial charge in [-0.1, -0.05) is 6.92 Å². The van der Waals surface area contributed by atoms with E-state index < -0.39 is 17.4 Å². The van der Waals surface area contributed by atoms with Gasteiger partial charge in [-0.15, -0.1) is 0 Å². The van der Waals surface area contributed by atoms with E-state index >= 15 is 0 Å². The van der Waals surface area contributed by atoms with E-state index in [9.17, 15) is 14.9 Å². The first-order chi connectivity index (χ1) is 8.01. The van der Waals surface area contributed by atoms with Crippen molar-refractivity contribution in [2.75, 3.05) is 7.11 Å². The maximum Gasteiger partial charge on any atom is 0.315 e. The summed E-state index contributed by atoms with van der Waals surface area (Å²) < 4.78 is 4.41. The third kappa shape index (κ3) is 3.74. The van der Waals surface area contributed by atoms with E-state index in [1.807, 2.05) is 0 Å². The maximum absolute atomic E-state index is 11.6. The molecule has 1 rings (SSSR count). The standard InChI is InChI=1S/C12H18N2O3/c1-9-3-5-12(8-13,6-4-9)14-10(15)7-11(16)17-2/h9H,3-7H2,1-2H3,(H,14,15). The number of nitriles is 1. The Morgan fingerprint density at radius 2 is 2.06 bits per heavy atom. The molecular weight excluding hydrogens is 220 g/mol. The normalized spacial score (nSPS) is 27.9. The molecule has 5 heteroatoms. The molecule has 1 amide bonds. The van der Waals surface area contributed by atoms with Crippen LogP contribution in [0.3, 0.4) is 0 Å². The fraction of sp³-hybridized carbons (Fsp3) is 0.750. The molecule has 0 saturated heterocycles. The number of esters is 1. The highest BCUT2D eigenvalue weighted by molar-refractivity contribution is 5.94. The first-order valence-corrected chi connectivity index (χ1v) is 5.80. The summed E-state index contributed by atoms with van der Waals surface area (Å²) in [5.74, 6) is -0.429. The van der Waals surface area contributed by atoms with E-state index in [1.165, 1.54) is 7.11 Å². The molecule has 1 fully saturated rings. The minimum atomic E-state index is -0.794. The van der Waals surface area contributed by atoms with Gasteiger partial charge in [0.2, 0.25) is 5.91 Å². The van der Waals surface area contributed by atoms with Crippen LogP contribution >= 0.6 is 0 Å².